The van der Waals surface area contributed by atoms with E-state index >= 15 is 0 Å². The number of piperazine rings is 1. The summed E-state index contributed by atoms with van der Waals surface area (Å²) in [6.07, 6.45) is 1.94. The summed E-state index contributed by atoms with van der Waals surface area (Å²) in [4.78, 5) is 27.5. The lowest BCUT2D eigenvalue weighted by molar-refractivity contribution is -0.144. The molecule has 2 rings (SSSR count). The van der Waals surface area contributed by atoms with Gasteiger partial charge in [-0.1, -0.05) is 6.92 Å². The number of hydrogen-bond donors (Lipinski definition) is 0. The molecular formula is C13H19N3O2. The van der Waals surface area contributed by atoms with E-state index in [1.165, 1.54) is 0 Å². The van der Waals surface area contributed by atoms with Crippen LogP contribution in [-0.2, 0) is 9.59 Å². The SMILES string of the molecule is CCC(C)(C#N)C(=O)N1CCN2C(=O)CCC2C1. The standard InChI is InChI=1S/C13H19N3O2/c1-3-13(2,9-14)12(18)15-6-7-16-10(8-15)4-5-11(16)17/h10H,3-8H2,1-2H3. The van der Waals surface area contributed by atoms with Gasteiger partial charge >= 0.3 is 0 Å². The number of carbonyl (C=O) groups is 2. The van der Waals surface area contributed by atoms with Crippen molar-refractivity contribution < 1.29 is 9.59 Å². The third-order valence-electron chi connectivity index (χ3n) is 4.21. The summed E-state index contributed by atoms with van der Waals surface area (Å²) in [5.41, 5.74) is -0.926. The maximum absolute atomic E-state index is 12.4. The fraction of sp³-hybridized carbons (Fsp3) is 0.769. The quantitative estimate of drug-likeness (QED) is 0.725. The topological polar surface area (TPSA) is 64.4 Å². The minimum atomic E-state index is -0.926. The Bertz CT molecular complexity index is 415. The summed E-state index contributed by atoms with van der Waals surface area (Å²) in [6, 6.07) is 2.28. The van der Waals surface area contributed by atoms with Crippen molar-refractivity contribution >= 4 is 11.8 Å². The molecular weight excluding hydrogens is 230 g/mol. The van der Waals surface area contributed by atoms with Crippen LogP contribution in [0.25, 0.3) is 0 Å². The van der Waals surface area contributed by atoms with Gasteiger partial charge in [-0.3, -0.25) is 9.59 Å². The first kappa shape index (κ1) is 12.9. The highest BCUT2D eigenvalue weighted by Gasteiger charge is 2.41. The van der Waals surface area contributed by atoms with Crippen LogP contribution in [-0.4, -0.2) is 47.3 Å². The number of nitriles is 1. The third-order valence-corrected chi connectivity index (χ3v) is 4.21. The smallest absolute Gasteiger partial charge is 0.242 e. The Morgan fingerprint density at radius 2 is 2.28 bits per heavy atom. The number of rotatable bonds is 2. The summed E-state index contributed by atoms with van der Waals surface area (Å²) in [5.74, 6) is 0.108. The minimum absolute atomic E-state index is 0.0912. The predicted octanol–water partition coefficient (Wildman–Crippen LogP) is 0.759. The summed E-state index contributed by atoms with van der Waals surface area (Å²) < 4.78 is 0. The van der Waals surface area contributed by atoms with Crippen molar-refractivity contribution in [1.82, 2.24) is 9.80 Å². The van der Waals surface area contributed by atoms with E-state index in [2.05, 4.69) is 6.07 Å². The fourth-order valence-corrected chi connectivity index (χ4v) is 2.68. The molecule has 2 amide bonds. The lowest BCUT2D eigenvalue weighted by Crippen LogP contribution is -2.55. The van der Waals surface area contributed by atoms with Crippen LogP contribution in [0.2, 0.25) is 0 Å². The molecule has 0 radical (unpaired) electrons. The highest BCUT2D eigenvalue weighted by molar-refractivity contribution is 5.86. The molecule has 0 spiro atoms. The zero-order valence-electron chi connectivity index (χ0n) is 11.0. The van der Waals surface area contributed by atoms with Gasteiger partial charge in [-0.2, -0.15) is 5.26 Å². The lowest BCUT2D eigenvalue weighted by atomic mass is 9.87. The molecule has 0 aromatic carbocycles. The van der Waals surface area contributed by atoms with Gasteiger partial charge in [0.2, 0.25) is 11.8 Å². The Balaban J connectivity index is 2.07. The van der Waals surface area contributed by atoms with Gasteiger partial charge in [0.05, 0.1) is 6.07 Å². The molecule has 2 aliphatic rings. The molecule has 0 bridgehead atoms. The number of carbonyl (C=O) groups excluding carboxylic acids is 2. The molecule has 5 nitrogen and oxygen atoms in total. The average molecular weight is 249 g/mol. The Labute approximate surface area is 107 Å². The monoisotopic (exact) mass is 249 g/mol. The van der Waals surface area contributed by atoms with Crippen LogP contribution in [0.4, 0.5) is 0 Å². The van der Waals surface area contributed by atoms with Crippen molar-refractivity contribution in [2.75, 3.05) is 19.6 Å². The molecule has 2 saturated heterocycles. The maximum atomic E-state index is 12.4. The molecule has 5 heteroatoms. The van der Waals surface area contributed by atoms with Crippen molar-refractivity contribution in [3.05, 3.63) is 0 Å². The molecule has 2 heterocycles. The lowest BCUT2D eigenvalue weighted by Gasteiger charge is -2.39. The van der Waals surface area contributed by atoms with Crippen LogP contribution in [0.1, 0.15) is 33.1 Å². The van der Waals surface area contributed by atoms with E-state index in [-0.39, 0.29) is 17.9 Å². The Hall–Kier alpha value is -1.57. The second-order valence-corrected chi connectivity index (χ2v) is 5.33. The van der Waals surface area contributed by atoms with E-state index in [0.717, 1.165) is 6.42 Å². The fourth-order valence-electron chi connectivity index (χ4n) is 2.68. The minimum Gasteiger partial charge on any atom is -0.337 e. The van der Waals surface area contributed by atoms with Crippen molar-refractivity contribution in [1.29, 1.82) is 5.26 Å². The predicted molar refractivity (Wildman–Crippen MR) is 65.3 cm³/mol. The van der Waals surface area contributed by atoms with Crippen molar-refractivity contribution in [3.63, 3.8) is 0 Å². The van der Waals surface area contributed by atoms with Crippen LogP contribution in [0.5, 0.6) is 0 Å². The number of nitrogens with zero attached hydrogens (tertiary/aromatic N) is 3. The number of hydrogen-bond acceptors (Lipinski definition) is 3. The van der Waals surface area contributed by atoms with Gasteiger partial charge < -0.3 is 9.80 Å². The van der Waals surface area contributed by atoms with Crippen LogP contribution >= 0.6 is 0 Å². The zero-order valence-corrected chi connectivity index (χ0v) is 11.0. The Kier molecular flexibility index (Phi) is 3.29. The molecule has 2 fully saturated rings. The second-order valence-electron chi connectivity index (χ2n) is 5.33. The normalized spacial score (nSPS) is 26.5. The van der Waals surface area contributed by atoms with E-state index in [1.807, 2.05) is 11.8 Å². The van der Waals surface area contributed by atoms with Gasteiger partial charge in [-0.15, -0.1) is 0 Å². The summed E-state index contributed by atoms with van der Waals surface area (Å²) in [7, 11) is 0. The summed E-state index contributed by atoms with van der Waals surface area (Å²) in [5, 5.41) is 9.15. The van der Waals surface area contributed by atoms with Crippen molar-refractivity contribution in [2.45, 2.75) is 39.2 Å². The third kappa shape index (κ3) is 1.96. The molecule has 2 atom stereocenters. The molecule has 2 aliphatic heterocycles. The van der Waals surface area contributed by atoms with Crippen LogP contribution in [0.3, 0.4) is 0 Å². The van der Waals surface area contributed by atoms with Gasteiger partial charge in [0.1, 0.15) is 5.41 Å². The average Bonchev–Trinajstić information content (AvgIpc) is 2.78. The molecule has 0 N–H and O–H groups in total. The highest BCUT2D eigenvalue weighted by atomic mass is 16.2. The van der Waals surface area contributed by atoms with E-state index in [9.17, 15) is 9.59 Å². The molecule has 0 aromatic heterocycles. The van der Waals surface area contributed by atoms with Gasteiger partial charge in [-0.05, 0) is 19.8 Å². The summed E-state index contributed by atoms with van der Waals surface area (Å²) in [6.45, 7) is 5.30. The Morgan fingerprint density at radius 1 is 1.56 bits per heavy atom. The number of amides is 2. The number of fused-ring (bicyclic) bond motifs is 1. The zero-order chi connectivity index (χ0) is 13.3. The van der Waals surface area contributed by atoms with E-state index < -0.39 is 5.41 Å². The Morgan fingerprint density at radius 3 is 2.89 bits per heavy atom. The van der Waals surface area contributed by atoms with Crippen molar-refractivity contribution in [2.24, 2.45) is 5.41 Å². The maximum Gasteiger partial charge on any atom is 0.242 e. The molecule has 0 aromatic rings. The van der Waals surface area contributed by atoms with E-state index in [4.69, 9.17) is 5.26 Å². The second kappa shape index (κ2) is 4.60. The van der Waals surface area contributed by atoms with Gasteiger partial charge in [-0.25, -0.2) is 0 Å². The van der Waals surface area contributed by atoms with Crippen LogP contribution < -0.4 is 0 Å². The first-order valence-electron chi connectivity index (χ1n) is 6.52. The molecule has 2 unspecified atom stereocenters. The van der Waals surface area contributed by atoms with Crippen LogP contribution in [0.15, 0.2) is 0 Å². The van der Waals surface area contributed by atoms with E-state index in [1.54, 1.807) is 11.8 Å². The molecule has 98 valence electrons. The molecule has 0 saturated carbocycles. The highest BCUT2D eigenvalue weighted by Crippen LogP contribution is 2.28. The largest absolute Gasteiger partial charge is 0.337 e. The first-order chi connectivity index (χ1) is 8.51. The summed E-state index contributed by atoms with van der Waals surface area (Å²) >= 11 is 0. The van der Waals surface area contributed by atoms with Gasteiger partial charge in [0.25, 0.3) is 0 Å². The van der Waals surface area contributed by atoms with Gasteiger partial charge in [0, 0.05) is 32.1 Å². The van der Waals surface area contributed by atoms with Crippen molar-refractivity contribution in [3.8, 4) is 6.07 Å². The van der Waals surface area contributed by atoms with Crippen LogP contribution in [0, 0.1) is 16.7 Å². The van der Waals surface area contributed by atoms with E-state index in [0.29, 0.717) is 32.5 Å². The first-order valence-corrected chi connectivity index (χ1v) is 6.52. The van der Waals surface area contributed by atoms with Gasteiger partial charge in [0.15, 0.2) is 0 Å². The molecule has 18 heavy (non-hydrogen) atoms. The molecule has 0 aliphatic carbocycles.